The molecular weight excluding hydrogens is 567 g/mol. The lowest BCUT2D eigenvalue weighted by molar-refractivity contribution is 0.261. The third kappa shape index (κ3) is 9.28. The van der Waals surface area contributed by atoms with Crippen LogP contribution in [0.4, 0.5) is 0 Å². The molecule has 5 atom stereocenters. The molecule has 2 aromatic rings. The van der Waals surface area contributed by atoms with Gasteiger partial charge in [0.05, 0.1) is 20.7 Å². The van der Waals surface area contributed by atoms with Crippen molar-refractivity contribution in [3.8, 4) is 11.5 Å². The smallest absolute Gasteiger partial charge is 0.472 e. The molecular formula is C18H26N6O5P5S+. The average molecular weight is 593 g/mol. The Morgan fingerprint density at radius 1 is 1.23 bits per heavy atom. The summed E-state index contributed by atoms with van der Waals surface area (Å²) in [6.45, 7) is 0. The third-order valence-electron chi connectivity index (χ3n) is 4.36. The Kier molecular flexibility index (Phi) is 12.9. The number of hydrogen-bond donors (Lipinski definition) is 1. The molecule has 0 heterocycles. The Hall–Kier alpha value is -1.26. The lowest BCUT2D eigenvalue weighted by atomic mass is 10.2. The molecule has 0 aromatic heterocycles. The zero-order valence-electron chi connectivity index (χ0n) is 19.4. The first-order valence-corrected chi connectivity index (χ1v) is 18.3. The summed E-state index contributed by atoms with van der Waals surface area (Å²) in [6.07, 6.45) is 1.67. The van der Waals surface area contributed by atoms with Crippen LogP contribution in [0.25, 0.3) is 10.4 Å². The molecule has 0 aliphatic carbocycles. The first kappa shape index (κ1) is 30.0. The van der Waals surface area contributed by atoms with Crippen molar-refractivity contribution in [3.05, 3.63) is 70.1 Å². The largest absolute Gasteiger partial charge is 0.540 e. The van der Waals surface area contributed by atoms with Crippen LogP contribution in [0.2, 0.25) is 0 Å². The predicted octanol–water partition coefficient (Wildman–Crippen LogP) is 6.89. The molecule has 0 amide bonds. The molecule has 0 aliphatic heterocycles. The Labute approximate surface area is 215 Å². The highest BCUT2D eigenvalue weighted by Gasteiger charge is 2.34. The molecule has 1 N–H and O–H groups in total. The van der Waals surface area contributed by atoms with Gasteiger partial charge in [-0.25, -0.2) is 0 Å². The fraction of sp³-hybridized carbons (Fsp3) is 0.278. The molecule has 35 heavy (non-hydrogen) atoms. The molecule has 17 heteroatoms. The minimum Gasteiger partial charge on any atom is -0.472 e. The van der Waals surface area contributed by atoms with E-state index in [1.54, 1.807) is 49.4 Å². The first-order valence-electron chi connectivity index (χ1n) is 9.80. The summed E-state index contributed by atoms with van der Waals surface area (Å²) in [4.78, 5) is 6.38. The highest BCUT2D eigenvalue weighted by atomic mass is 32.4. The van der Waals surface area contributed by atoms with Gasteiger partial charge in [0.25, 0.3) is 0 Å². The van der Waals surface area contributed by atoms with Crippen molar-refractivity contribution >= 4 is 57.6 Å². The maximum absolute atomic E-state index is 12.7. The van der Waals surface area contributed by atoms with Crippen LogP contribution in [0.1, 0.15) is 16.9 Å². The van der Waals surface area contributed by atoms with Gasteiger partial charge in [0, 0.05) is 19.1 Å². The lowest BCUT2D eigenvalue weighted by Gasteiger charge is -2.24. The standard InChI is InChI=1S/C18H26N6O5P5S/c1-20-18(34(25,26-3)27-4)15-7-11-17(12-8-15)29-33(35)24(2)21-13-14-5-9-16(10-6-14)28-31-32(30)23-22-19/h5-13,18,20,31H,30H2,1-4H3/q+1/b21-13-. The van der Waals surface area contributed by atoms with Crippen molar-refractivity contribution in [1.82, 2.24) is 10.1 Å². The van der Waals surface area contributed by atoms with E-state index in [4.69, 9.17) is 35.4 Å². The molecule has 0 fully saturated rings. The van der Waals surface area contributed by atoms with Gasteiger partial charge < -0.3 is 18.9 Å². The lowest BCUT2D eigenvalue weighted by Crippen LogP contribution is -2.18. The van der Waals surface area contributed by atoms with Crippen LogP contribution in [-0.2, 0) is 25.4 Å². The summed E-state index contributed by atoms with van der Waals surface area (Å²) in [5.74, 6) is 0.631. The Morgan fingerprint density at radius 3 is 2.37 bits per heavy atom. The van der Waals surface area contributed by atoms with E-state index in [2.05, 4.69) is 29.1 Å². The highest BCUT2D eigenvalue weighted by Crippen LogP contribution is 2.63. The van der Waals surface area contributed by atoms with Gasteiger partial charge in [-0.15, -0.1) is 5.10 Å². The molecule has 0 radical (unpaired) electrons. The van der Waals surface area contributed by atoms with Crippen molar-refractivity contribution in [2.24, 2.45) is 9.99 Å². The monoisotopic (exact) mass is 593 g/mol. The van der Waals surface area contributed by atoms with Crippen LogP contribution in [0.15, 0.2) is 58.5 Å². The number of hydrazone groups is 1. The molecule has 0 saturated carbocycles. The molecule has 0 spiro atoms. The van der Waals surface area contributed by atoms with E-state index in [9.17, 15) is 4.57 Å². The minimum atomic E-state index is -3.35. The van der Waals surface area contributed by atoms with Gasteiger partial charge in [-0.2, -0.15) is 0 Å². The molecule has 5 unspecified atom stereocenters. The van der Waals surface area contributed by atoms with Crippen molar-refractivity contribution in [3.63, 3.8) is 0 Å². The molecule has 11 nitrogen and oxygen atoms in total. The number of hydrogen-bond acceptors (Lipinski definition) is 9. The Bertz CT molecular complexity index is 1100. The number of azide groups is 1. The summed E-state index contributed by atoms with van der Waals surface area (Å²) >= 11 is 5.47. The molecule has 188 valence electrons. The van der Waals surface area contributed by atoms with Crippen LogP contribution >= 0.6 is 39.5 Å². The van der Waals surface area contributed by atoms with Crippen LogP contribution in [0.3, 0.4) is 0 Å². The van der Waals surface area contributed by atoms with E-state index in [0.717, 1.165) is 11.1 Å². The van der Waals surface area contributed by atoms with Crippen molar-refractivity contribution < 1.29 is 22.7 Å². The van der Waals surface area contributed by atoms with E-state index in [-0.39, 0.29) is 8.50 Å². The minimum absolute atomic E-state index is 0.0686. The quantitative estimate of drug-likeness (QED) is 0.0626. The summed E-state index contributed by atoms with van der Waals surface area (Å²) in [5.41, 5.74) is 10.0. The zero-order chi connectivity index (χ0) is 25.8. The molecule has 0 saturated heterocycles. The van der Waals surface area contributed by atoms with Crippen molar-refractivity contribution in [2.75, 3.05) is 28.3 Å². The Balaban J connectivity index is 1.95. The van der Waals surface area contributed by atoms with Crippen LogP contribution in [0, 0.1) is 0 Å². The van der Waals surface area contributed by atoms with E-state index >= 15 is 0 Å². The van der Waals surface area contributed by atoms with Gasteiger partial charge in [-0.3, -0.25) is 9.09 Å². The summed E-state index contributed by atoms with van der Waals surface area (Å²) < 4.78 is 36.0. The second-order valence-corrected chi connectivity index (χ2v) is 17.2. The van der Waals surface area contributed by atoms with Gasteiger partial charge in [-0.05, 0) is 60.1 Å². The molecule has 2 rings (SSSR count). The van der Waals surface area contributed by atoms with E-state index < -0.39 is 27.9 Å². The van der Waals surface area contributed by atoms with Gasteiger partial charge in [0.2, 0.25) is 11.8 Å². The zero-order valence-corrected chi connectivity index (χ0v) is 25.0. The van der Waals surface area contributed by atoms with Gasteiger partial charge in [0.1, 0.15) is 20.0 Å². The number of rotatable bonds is 14. The van der Waals surface area contributed by atoms with Crippen molar-refractivity contribution in [2.45, 2.75) is 5.78 Å². The topological polar surface area (TPSA) is 130 Å². The second kappa shape index (κ2) is 15.1. The fourth-order valence-electron chi connectivity index (χ4n) is 2.63. The molecule has 0 bridgehead atoms. The van der Waals surface area contributed by atoms with Gasteiger partial charge in [-0.1, -0.05) is 30.7 Å². The van der Waals surface area contributed by atoms with E-state index in [1.807, 2.05) is 24.3 Å². The summed E-state index contributed by atoms with van der Waals surface area (Å²) in [5, 5.41) is 7.34. The predicted molar refractivity (Wildman–Crippen MR) is 151 cm³/mol. The van der Waals surface area contributed by atoms with Gasteiger partial charge >= 0.3 is 14.7 Å². The SMILES string of the molecule is CNC(c1ccc(O[P+](=S)N(C)/N=C\c2ccc(OPP(P)N=[N+]=[N-])cc2)cc1)P(=O)(OC)OC. The fourth-order valence-corrected chi connectivity index (χ4v) is 6.89. The normalized spacial score (nSPS) is 13.9. The second-order valence-electron chi connectivity index (χ2n) is 6.51. The number of nitrogens with one attached hydrogen (secondary N) is 1. The molecule has 0 aliphatic rings. The van der Waals surface area contributed by atoms with E-state index in [0.29, 0.717) is 11.5 Å². The first-order chi connectivity index (χ1) is 16.8. The maximum Gasteiger partial charge on any atom is 0.540 e. The number of nitrogens with zero attached hydrogens (tertiary/aromatic N) is 5. The van der Waals surface area contributed by atoms with Crippen LogP contribution in [-0.4, -0.2) is 39.3 Å². The third-order valence-corrected chi connectivity index (χ3v) is 11.6. The van der Waals surface area contributed by atoms with Gasteiger partial charge in [0.15, 0.2) is 5.75 Å². The number of benzene rings is 2. The van der Waals surface area contributed by atoms with Crippen LogP contribution in [0.5, 0.6) is 11.5 Å². The Morgan fingerprint density at radius 2 is 1.83 bits per heavy atom. The average Bonchev–Trinajstić information content (AvgIpc) is 2.88. The highest BCUT2D eigenvalue weighted by molar-refractivity contribution is 8.46. The van der Waals surface area contributed by atoms with Crippen LogP contribution < -0.4 is 14.4 Å². The summed E-state index contributed by atoms with van der Waals surface area (Å²) in [6, 6.07) is 14.4. The maximum atomic E-state index is 12.7. The van der Waals surface area contributed by atoms with E-state index in [1.165, 1.54) is 14.2 Å². The van der Waals surface area contributed by atoms with Crippen molar-refractivity contribution in [1.29, 1.82) is 0 Å². The summed E-state index contributed by atoms with van der Waals surface area (Å²) in [7, 11) is 2.95. The molecule has 2 aromatic carbocycles.